The van der Waals surface area contributed by atoms with E-state index < -0.39 is 0 Å². The first-order valence-corrected chi connectivity index (χ1v) is 9.78. The maximum Gasteiger partial charge on any atom is 0.260 e. The Morgan fingerprint density at radius 1 is 0.933 bits per heavy atom. The summed E-state index contributed by atoms with van der Waals surface area (Å²) in [5.74, 6) is 1.34. The van der Waals surface area contributed by atoms with Gasteiger partial charge in [-0.2, -0.15) is 5.26 Å². The van der Waals surface area contributed by atoms with Crippen LogP contribution in [0.2, 0.25) is 0 Å². The Labute approximate surface area is 175 Å². The number of benzene rings is 2. The molecular formula is C23H21N5O2. The highest BCUT2D eigenvalue weighted by Gasteiger charge is 2.22. The van der Waals surface area contributed by atoms with Crippen LogP contribution in [0.3, 0.4) is 0 Å². The fourth-order valence-electron chi connectivity index (χ4n) is 3.30. The minimum atomic E-state index is -0.0514. The molecule has 0 aliphatic carbocycles. The normalized spacial score (nSPS) is 13.6. The molecule has 4 rings (SSSR count). The quantitative estimate of drug-likeness (QED) is 0.656. The highest BCUT2D eigenvalue weighted by molar-refractivity contribution is 5.78. The maximum atomic E-state index is 12.4. The molecule has 0 N–H and O–H groups in total. The van der Waals surface area contributed by atoms with Crippen molar-refractivity contribution in [2.45, 2.75) is 0 Å². The van der Waals surface area contributed by atoms with Gasteiger partial charge < -0.3 is 14.5 Å². The van der Waals surface area contributed by atoms with Crippen molar-refractivity contribution in [1.29, 1.82) is 5.26 Å². The van der Waals surface area contributed by atoms with Gasteiger partial charge in [0, 0.05) is 31.7 Å². The number of hydrogen-bond acceptors (Lipinski definition) is 6. The van der Waals surface area contributed by atoms with Gasteiger partial charge in [-0.15, -0.1) is 10.2 Å². The van der Waals surface area contributed by atoms with Crippen LogP contribution in [0, 0.1) is 11.3 Å². The summed E-state index contributed by atoms with van der Waals surface area (Å²) in [7, 11) is 0. The van der Waals surface area contributed by atoms with Crippen molar-refractivity contribution in [2.24, 2.45) is 0 Å². The van der Waals surface area contributed by atoms with E-state index in [1.807, 2.05) is 42.5 Å². The van der Waals surface area contributed by atoms with E-state index in [1.54, 1.807) is 29.2 Å². The average molecular weight is 399 g/mol. The molecule has 1 aliphatic heterocycles. The number of carbonyl (C=O) groups is 1. The zero-order valence-electron chi connectivity index (χ0n) is 16.4. The molecule has 7 heteroatoms. The molecule has 0 radical (unpaired) electrons. The Morgan fingerprint density at radius 3 is 2.30 bits per heavy atom. The van der Waals surface area contributed by atoms with E-state index in [4.69, 9.17) is 10.00 Å². The lowest BCUT2D eigenvalue weighted by Gasteiger charge is -2.35. The molecule has 0 atom stereocenters. The smallest absolute Gasteiger partial charge is 0.260 e. The van der Waals surface area contributed by atoms with Crippen molar-refractivity contribution in [3.05, 3.63) is 72.3 Å². The molecule has 1 fully saturated rings. The van der Waals surface area contributed by atoms with E-state index >= 15 is 0 Å². The zero-order chi connectivity index (χ0) is 20.8. The molecule has 0 unspecified atom stereocenters. The molecule has 30 heavy (non-hydrogen) atoms. The largest absolute Gasteiger partial charge is 0.484 e. The van der Waals surface area contributed by atoms with Crippen LogP contribution in [0.25, 0.3) is 11.3 Å². The second-order valence-electron chi connectivity index (χ2n) is 6.94. The molecule has 1 amide bonds. The van der Waals surface area contributed by atoms with Crippen molar-refractivity contribution in [2.75, 3.05) is 37.7 Å². The van der Waals surface area contributed by atoms with Gasteiger partial charge in [0.05, 0.1) is 17.3 Å². The molecular weight excluding hydrogens is 378 g/mol. The van der Waals surface area contributed by atoms with E-state index in [0.29, 0.717) is 37.5 Å². The minimum absolute atomic E-state index is 0.0164. The Balaban J connectivity index is 1.28. The maximum absolute atomic E-state index is 12.4. The van der Waals surface area contributed by atoms with Crippen LogP contribution in [0.5, 0.6) is 5.75 Å². The minimum Gasteiger partial charge on any atom is -0.484 e. The molecule has 3 aromatic rings. The molecule has 0 spiro atoms. The number of ether oxygens (including phenoxy) is 1. The van der Waals surface area contributed by atoms with Crippen LogP contribution in [-0.4, -0.2) is 53.8 Å². The fourth-order valence-corrected chi connectivity index (χ4v) is 3.30. The molecule has 7 nitrogen and oxygen atoms in total. The van der Waals surface area contributed by atoms with Crippen molar-refractivity contribution in [1.82, 2.24) is 15.1 Å². The molecule has 150 valence electrons. The molecule has 1 saturated heterocycles. The van der Waals surface area contributed by atoms with Crippen molar-refractivity contribution in [3.63, 3.8) is 0 Å². The summed E-state index contributed by atoms with van der Waals surface area (Å²) >= 11 is 0. The number of nitriles is 1. The fraction of sp³-hybridized carbons (Fsp3) is 0.217. The lowest BCUT2D eigenvalue weighted by atomic mass is 10.1. The topological polar surface area (TPSA) is 82.4 Å². The number of nitrogens with zero attached hydrogens (tertiary/aromatic N) is 5. The van der Waals surface area contributed by atoms with Gasteiger partial charge in [0.2, 0.25) is 0 Å². The Morgan fingerprint density at radius 2 is 1.67 bits per heavy atom. The number of piperazine rings is 1. The van der Waals surface area contributed by atoms with Gasteiger partial charge in [0.25, 0.3) is 5.91 Å². The van der Waals surface area contributed by atoms with Crippen molar-refractivity contribution >= 4 is 11.7 Å². The van der Waals surface area contributed by atoms with Crippen LogP contribution in [0.4, 0.5) is 5.82 Å². The van der Waals surface area contributed by atoms with Gasteiger partial charge in [-0.25, -0.2) is 0 Å². The highest BCUT2D eigenvalue weighted by Crippen LogP contribution is 2.19. The molecule has 0 saturated carbocycles. The van der Waals surface area contributed by atoms with Gasteiger partial charge >= 0.3 is 0 Å². The molecule has 1 aromatic heterocycles. The summed E-state index contributed by atoms with van der Waals surface area (Å²) in [5.41, 5.74) is 2.44. The van der Waals surface area contributed by atoms with Crippen LogP contribution >= 0.6 is 0 Å². The average Bonchev–Trinajstić information content (AvgIpc) is 2.83. The summed E-state index contributed by atoms with van der Waals surface area (Å²) in [6.45, 7) is 2.59. The van der Waals surface area contributed by atoms with Crippen molar-refractivity contribution in [3.8, 4) is 23.1 Å². The molecule has 0 bridgehead atoms. The third-order valence-electron chi connectivity index (χ3n) is 5.02. The predicted molar refractivity (Wildman–Crippen MR) is 113 cm³/mol. The summed E-state index contributed by atoms with van der Waals surface area (Å²) in [4.78, 5) is 16.4. The van der Waals surface area contributed by atoms with Gasteiger partial charge in [-0.05, 0) is 36.4 Å². The predicted octanol–water partition coefficient (Wildman–Crippen LogP) is 2.74. The summed E-state index contributed by atoms with van der Waals surface area (Å²) in [6, 6.07) is 22.7. The van der Waals surface area contributed by atoms with E-state index in [-0.39, 0.29) is 12.5 Å². The van der Waals surface area contributed by atoms with E-state index in [0.717, 1.165) is 17.1 Å². The lowest BCUT2D eigenvalue weighted by Crippen LogP contribution is -2.50. The summed E-state index contributed by atoms with van der Waals surface area (Å²) in [6.07, 6.45) is 0. The lowest BCUT2D eigenvalue weighted by molar-refractivity contribution is -0.133. The molecule has 2 heterocycles. The number of hydrogen-bond donors (Lipinski definition) is 0. The second-order valence-corrected chi connectivity index (χ2v) is 6.94. The number of anilines is 1. The SMILES string of the molecule is N#Cc1ccc(OCC(=O)N2CCN(c3ccc(-c4ccccc4)nn3)CC2)cc1. The first-order chi connectivity index (χ1) is 14.7. The third-order valence-corrected chi connectivity index (χ3v) is 5.02. The number of amides is 1. The van der Waals surface area contributed by atoms with E-state index in [9.17, 15) is 4.79 Å². The third kappa shape index (κ3) is 4.55. The zero-order valence-corrected chi connectivity index (χ0v) is 16.4. The second kappa shape index (κ2) is 9.05. The standard InChI is InChI=1S/C23H21N5O2/c24-16-18-6-8-20(9-7-18)30-17-23(29)28-14-12-27(13-15-28)22-11-10-21(25-26-22)19-4-2-1-3-5-19/h1-11H,12-15,17H2. The Hall–Kier alpha value is -3.92. The van der Waals surface area contributed by atoms with E-state index in [1.165, 1.54) is 0 Å². The number of rotatable bonds is 5. The van der Waals surface area contributed by atoms with E-state index in [2.05, 4.69) is 21.2 Å². The first-order valence-electron chi connectivity index (χ1n) is 9.78. The highest BCUT2D eigenvalue weighted by atomic mass is 16.5. The molecule has 2 aromatic carbocycles. The summed E-state index contributed by atoms with van der Waals surface area (Å²) < 4.78 is 5.55. The van der Waals surface area contributed by atoms with Gasteiger partial charge in [0.1, 0.15) is 5.75 Å². The Kier molecular flexibility index (Phi) is 5.85. The van der Waals surface area contributed by atoms with Gasteiger partial charge in [0.15, 0.2) is 12.4 Å². The first kappa shape index (κ1) is 19.4. The van der Waals surface area contributed by atoms with Gasteiger partial charge in [-0.1, -0.05) is 30.3 Å². The number of carbonyl (C=O) groups excluding carboxylic acids is 1. The summed E-state index contributed by atoms with van der Waals surface area (Å²) in [5, 5.41) is 17.5. The van der Waals surface area contributed by atoms with Crippen LogP contribution in [-0.2, 0) is 4.79 Å². The number of aromatic nitrogens is 2. The van der Waals surface area contributed by atoms with Crippen molar-refractivity contribution < 1.29 is 9.53 Å². The van der Waals surface area contributed by atoms with Gasteiger partial charge in [-0.3, -0.25) is 4.79 Å². The van der Waals surface area contributed by atoms with Crippen LogP contribution < -0.4 is 9.64 Å². The monoisotopic (exact) mass is 399 g/mol. The van der Waals surface area contributed by atoms with Crippen LogP contribution in [0.1, 0.15) is 5.56 Å². The Bertz CT molecular complexity index is 1020. The molecule has 1 aliphatic rings. The van der Waals surface area contributed by atoms with Crippen LogP contribution in [0.15, 0.2) is 66.7 Å².